The lowest BCUT2D eigenvalue weighted by atomic mass is 9.99. The molecule has 1 fully saturated rings. The zero-order valence-corrected chi connectivity index (χ0v) is 18.6. The molecule has 0 atom stereocenters. The van der Waals surface area contributed by atoms with E-state index in [9.17, 15) is 23.9 Å². The van der Waals surface area contributed by atoms with Crippen molar-refractivity contribution in [3.63, 3.8) is 0 Å². The number of hydrogen-bond donors (Lipinski definition) is 2. The van der Waals surface area contributed by atoms with E-state index in [-0.39, 0.29) is 41.8 Å². The van der Waals surface area contributed by atoms with E-state index in [2.05, 4.69) is 20.3 Å². The number of thiazole rings is 2. The second-order valence-corrected chi connectivity index (χ2v) is 9.50. The van der Waals surface area contributed by atoms with Crippen LogP contribution in [0.25, 0.3) is 16.2 Å². The molecule has 4 aromatic heterocycles. The number of carboxylic acid groups (broad SMARTS) is 1. The summed E-state index contributed by atoms with van der Waals surface area (Å²) in [5, 5.41) is 14.6. The van der Waals surface area contributed by atoms with Gasteiger partial charge in [0, 0.05) is 41.9 Å². The third-order valence-corrected chi connectivity index (χ3v) is 6.77. The number of hydrogen-bond acceptors (Lipinski definition) is 9. The molecule has 4 aromatic rings. The van der Waals surface area contributed by atoms with Crippen LogP contribution in [0, 0.1) is 18.7 Å². The third-order valence-electron chi connectivity index (χ3n) is 5.17. The molecule has 168 valence electrons. The van der Waals surface area contributed by atoms with Gasteiger partial charge >= 0.3 is 5.97 Å². The molecule has 1 aliphatic heterocycles. The summed E-state index contributed by atoms with van der Waals surface area (Å²) in [5.74, 6) is -2.82. The standard InChI is InChI=1S/C20H15FN6O4S2/c1-9-5-23-19(33-9)25-17(29)10-6-26(7-10)16-13(21)4-11-14(28)12(18(30)31)8-27(15(11)24-16)20-22-2-3-32-20/h2-5,8,10H,6-7H2,1H3,(H,30,31)(H,23,25,29). The highest BCUT2D eigenvalue weighted by molar-refractivity contribution is 7.15. The largest absolute Gasteiger partial charge is 0.477 e. The van der Waals surface area contributed by atoms with Crippen molar-refractivity contribution in [1.29, 1.82) is 0 Å². The first kappa shape index (κ1) is 21.2. The molecule has 2 N–H and O–H groups in total. The quantitative estimate of drug-likeness (QED) is 0.440. The first-order chi connectivity index (χ1) is 15.8. The molecular weight excluding hydrogens is 471 g/mol. The molecule has 1 amide bonds. The molecule has 1 saturated heterocycles. The Balaban J connectivity index is 1.48. The lowest BCUT2D eigenvalue weighted by molar-refractivity contribution is -0.120. The maximum Gasteiger partial charge on any atom is 0.341 e. The van der Waals surface area contributed by atoms with Crippen LogP contribution in [0.5, 0.6) is 0 Å². The molecule has 0 bridgehead atoms. The summed E-state index contributed by atoms with van der Waals surface area (Å²) in [6, 6.07) is 0.988. The predicted molar refractivity (Wildman–Crippen MR) is 121 cm³/mol. The van der Waals surface area contributed by atoms with Crippen molar-refractivity contribution in [2.45, 2.75) is 6.92 Å². The number of amides is 1. The number of aromatic carboxylic acids is 1. The minimum Gasteiger partial charge on any atom is -0.477 e. The average Bonchev–Trinajstić information content (AvgIpc) is 3.40. The van der Waals surface area contributed by atoms with Crippen LogP contribution >= 0.6 is 22.7 Å². The van der Waals surface area contributed by atoms with Crippen molar-refractivity contribution in [1.82, 2.24) is 19.5 Å². The van der Waals surface area contributed by atoms with Crippen LogP contribution in [0.3, 0.4) is 0 Å². The Morgan fingerprint density at radius 2 is 2.09 bits per heavy atom. The monoisotopic (exact) mass is 486 g/mol. The van der Waals surface area contributed by atoms with Gasteiger partial charge in [-0.05, 0) is 13.0 Å². The predicted octanol–water partition coefficient (Wildman–Crippen LogP) is 2.52. The van der Waals surface area contributed by atoms with Gasteiger partial charge in [0.25, 0.3) is 0 Å². The van der Waals surface area contributed by atoms with Gasteiger partial charge in [-0.25, -0.2) is 24.1 Å². The van der Waals surface area contributed by atoms with E-state index in [0.29, 0.717) is 10.3 Å². The molecule has 5 heterocycles. The highest BCUT2D eigenvalue weighted by Crippen LogP contribution is 2.30. The van der Waals surface area contributed by atoms with E-state index in [4.69, 9.17) is 0 Å². The summed E-state index contributed by atoms with van der Waals surface area (Å²) in [6.45, 7) is 2.36. The van der Waals surface area contributed by atoms with Gasteiger partial charge in [-0.15, -0.1) is 22.7 Å². The lowest BCUT2D eigenvalue weighted by Crippen LogP contribution is -2.52. The van der Waals surface area contributed by atoms with Gasteiger partial charge in [0.15, 0.2) is 27.5 Å². The maximum atomic E-state index is 14.9. The molecule has 0 unspecified atom stereocenters. The number of aromatic nitrogens is 4. The van der Waals surface area contributed by atoms with Crippen LogP contribution in [0.15, 0.2) is 34.8 Å². The normalized spacial score (nSPS) is 13.8. The fourth-order valence-electron chi connectivity index (χ4n) is 3.51. The number of aryl methyl sites for hydroxylation is 1. The minimum absolute atomic E-state index is 0.0237. The van der Waals surface area contributed by atoms with Crippen LogP contribution in [0.4, 0.5) is 15.3 Å². The highest BCUT2D eigenvalue weighted by Gasteiger charge is 2.36. The molecule has 10 nitrogen and oxygen atoms in total. The molecule has 0 spiro atoms. The lowest BCUT2D eigenvalue weighted by Gasteiger charge is -2.39. The number of fused-ring (bicyclic) bond motifs is 1. The number of pyridine rings is 2. The van der Waals surface area contributed by atoms with Crippen LogP contribution in [0.1, 0.15) is 15.2 Å². The summed E-state index contributed by atoms with van der Waals surface area (Å²) in [7, 11) is 0. The zero-order valence-electron chi connectivity index (χ0n) is 17.0. The molecule has 0 radical (unpaired) electrons. The molecule has 5 rings (SSSR count). The van der Waals surface area contributed by atoms with Crippen molar-refractivity contribution >= 4 is 56.5 Å². The Bertz CT molecular complexity index is 1460. The number of nitrogens with one attached hydrogen (secondary N) is 1. The summed E-state index contributed by atoms with van der Waals surface area (Å²) in [6.07, 6.45) is 4.33. The number of carbonyl (C=O) groups excluding carboxylic acids is 1. The van der Waals surface area contributed by atoms with Crippen LogP contribution in [0.2, 0.25) is 0 Å². The molecule has 0 aliphatic carbocycles. The van der Waals surface area contributed by atoms with Gasteiger partial charge in [0.05, 0.1) is 11.3 Å². The topological polar surface area (TPSA) is 130 Å². The van der Waals surface area contributed by atoms with E-state index >= 15 is 0 Å². The van der Waals surface area contributed by atoms with E-state index in [0.717, 1.165) is 17.1 Å². The van der Waals surface area contributed by atoms with Gasteiger partial charge in [-0.2, -0.15) is 0 Å². The summed E-state index contributed by atoms with van der Waals surface area (Å²) >= 11 is 2.58. The van der Waals surface area contributed by atoms with Crippen LogP contribution < -0.4 is 15.6 Å². The number of halogens is 1. The maximum absolute atomic E-state index is 14.9. The first-order valence-corrected chi connectivity index (χ1v) is 11.4. The fraction of sp³-hybridized carbons (Fsp3) is 0.200. The van der Waals surface area contributed by atoms with E-state index in [1.807, 2.05) is 6.92 Å². The molecular formula is C20H15FN6O4S2. The number of anilines is 2. The van der Waals surface area contributed by atoms with Crippen LogP contribution in [-0.4, -0.2) is 49.6 Å². The minimum atomic E-state index is -1.43. The van der Waals surface area contributed by atoms with E-state index in [1.54, 1.807) is 16.5 Å². The van der Waals surface area contributed by atoms with Crippen molar-refractivity contribution in [2.24, 2.45) is 5.92 Å². The number of carboxylic acids is 1. The second kappa shape index (κ2) is 8.01. The number of nitrogens with zero attached hydrogens (tertiary/aromatic N) is 5. The zero-order chi connectivity index (χ0) is 23.3. The molecule has 0 aromatic carbocycles. The number of rotatable bonds is 5. The third kappa shape index (κ3) is 3.74. The summed E-state index contributed by atoms with van der Waals surface area (Å²) < 4.78 is 16.3. The highest BCUT2D eigenvalue weighted by atomic mass is 32.1. The molecule has 33 heavy (non-hydrogen) atoms. The van der Waals surface area contributed by atoms with Gasteiger partial charge < -0.3 is 15.3 Å². The van der Waals surface area contributed by atoms with Gasteiger partial charge in [0.2, 0.25) is 11.3 Å². The Hall–Kier alpha value is -3.71. The van der Waals surface area contributed by atoms with Crippen molar-refractivity contribution in [3.8, 4) is 5.13 Å². The molecule has 1 aliphatic rings. The van der Waals surface area contributed by atoms with E-state index < -0.39 is 22.8 Å². The number of carbonyl (C=O) groups is 2. The Morgan fingerprint density at radius 1 is 1.30 bits per heavy atom. The van der Waals surface area contributed by atoms with E-state index in [1.165, 1.54) is 33.4 Å². The smallest absolute Gasteiger partial charge is 0.341 e. The fourth-order valence-corrected chi connectivity index (χ4v) is 4.79. The SMILES string of the molecule is Cc1cnc(NC(=O)C2CN(c3nc4c(cc3F)c(=O)c(C(=O)O)cn4-c3nccs3)C2)s1. The summed E-state index contributed by atoms with van der Waals surface area (Å²) in [4.78, 5) is 51.8. The second-order valence-electron chi connectivity index (χ2n) is 7.39. The van der Waals surface area contributed by atoms with Gasteiger partial charge in [-0.3, -0.25) is 14.2 Å². The van der Waals surface area contributed by atoms with Gasteiger partial charge in [0.1, 0.15) is 5.56 Å². The Labute approximate surface area is 193 Å². The van der Waals surface area contributed by atoms with Crippen molar-refractivity contribution in [3.05, 3.63) is 56.5 Å². The molecule has 13 heteroatoms. The average molecular weight is 487 g/mol. The Kier molecular flexibility index (Phi) is 5.13. The first-order valence-electron chi connectivity index (χ1n) is 9.69. The molecule has 0 saturated carbocycles. The summed E-state index contributed by atoms with van der Waals surface area (Å²) in [5.41, 5.74) is -1.25. The Morgan fingerprint density at radius 3 is 2.73 bits per heavy atom. The van der Waals surface area contributed by atoms with Crippen LogP contribution in [-0.2, 0) is 4.79 Å². The van der Waals surface area contributed by atoms with Crippen molar-refractivity contribution in [2.75, 3.05) is 23.3 Å². The van der Waals surface area contributed by atoms with Crippen molar-refractivity contribution < 1.29 is 19.1 Å². The van der Waals surface area contributed by atoms with Gasteiger partial charge in [-0.1, -0.05) is 0 Å².